The van der Waals surface area contributed by atoms with Crippen LogP contribution < -0.4 is 0 Å². The maximum Gasteiger partial charge on any atom is 0.327 e. The van der Waals surface area contributed by atoms with E-state index in [4.69, 9.17) is 5.11 Å². The van der Waals surface area contributed by atoms with Gasteiger partial charge in [-0.25, -0.2) is 0 Å². The van der Waals surface area contributed by atoms with E-state index >= 15 is 0 Å². The summed E-state index contributed by atoms with van der Waals surface area (Å²) in [5.74, 6) is -0.867. The van der Waals surface area contributed by atoms with Crippen molar-refractivity contribution in [2.24, 2.45) is 0 Å². The highest BCUT2D eigenvalue weighted by Crippen LogP contribution is 2.18. The molecule has 0 aliphatic heterocycles. The molecule has 0 fully saturated rings. The van der Waals surface area contributed by atoms with Crippen LogP contribution >= 0.6 is 0 Å². The molecule has 1 heterocycles. The summed E-state index contributed by atoms with van der Waals surface area (Å²) in [6.45, 7) is -0.389. The minimum atomic E-state index is -1.08. The first-order chi connectivity index (χ1) is 8.56. The van der Waals surface area contributed by atoms with Crippen LogP contribution in [-0.4, -0.2) is 36.2 Å². The molecular formula is C9H7N5O4. The quantitative estimate of drug-likeness (QED) is 0.611. The maximum atomic E-state index is 10.5. The number of aromatic nitrogens is 4. The van der Waals surface area contributed by atoms with Gasteiger partial charge in [0.15, 0.2) is 6.54 Å². The lowest BCUT2D eigenvalue weighted by molar-refractivity contribution is -0.384. The standard InChI is InChI=1S/C9H7N5O4/c15-8(16)5-13-11-9(10-12-13)6-1-3-7(4-2-6)14(17)18/h1-4H,5H2,(H,15,16). The number of nitro groups is 1. The Morgan fingerprint density at radius 3 is 2.61 bits per heavy atom. The molecule has 0 amide bonds. The summed E-state index contributed by atoms with van der Waals surface area (Å²) in [6.07, 6.45) is 0. The lowest BCUT2D eigenvalue weighted by atomic mass is 10.2. The lowest BCUT2D eigenvalue weighted by Gasteiger charge is -1.94. The first-order valence-corrected chi connectivity index (χ1v) is 4.80. The van der Waals surface area contributed by atoms with Crippen LogP contribution in [0.1, 0.15) is 0 Å². The summed E-state index contributed by atoms with van der Waals surface area (Å²) in [4.78, 5) is 21.3. The van der Waals surface area contributed by atoms with E-state index in [9.17, 15) is 14.9 Å². The molecule has 0 unspecified atom stereocenters. The third kappa shape index (κ3) is 2.45. The van der Waals surface area contributed by atoms with Crippen molar-refractivity contribution in [1.82, 2.24) is 20.2 Å². The molecule has 0 spiro atoms. The van der Waals surface area contributed by atoms with Crippen molar-refractivity contribution in [1.29, 1.82) is 0 Å². The highest BCUT2D eigenvalue weighted by Gasteiger charge is 2.10. The first-order valence-electron chi connectivity index (χ1n) is 4.80. The van der Waals surface area contributed by atoms with Crippen LogP contribution in [0.25, 0.3) is 11.4 Å². The normalized spacial score (nSPS) is 10.2. The number of benzene rings is 1. The molecule has 0 aliphatic carbocycles. The second-order valence-corrected chi connectivity index (χ2v) is 3.34. The molecule has 0 atom stereocenters. The molecule has 1 aromatic carbocycles. The zero-order valence-corrected chi connectivity index (χ0v) is 8.92. The SMILES string of the molecule is O=C(O)Cn1nnc(-c2ccc([N+](=O)[O-])cc2)n1. The molecule has 0 aliphatic rings. The third-order valence-electron chi connectivity index (χ3n) is 2.07. The molecule has 0 saturated carbocycles. The molecule has 0 bridgehead atoms. The predicted octanol–water partition coefficient (Wildman–Crippen LogP) is 0.333. The number of carboxylic acid groups (broad SMARTS) is 1. The van der Waals surface area contributed by atoms with Gasteiger partial charge >= 0.3 is 5.97 Å². The van der Waals surface area contributed by atoms with Crippen molar-refractivity contribution in [3.63, 3.8) is 0 Å². The van der Waals surface area contributed by atoms with Gasteiger partial charge in [-0.2, -0.15) is 4.80 Å². The van der Waals surface area contributed by atoms with Crippen LogP contribution in [0, 0.1) is 10.1 Å². The fraction of sp³-hybridized carbons (Fsp3) is 0.111. The molecule has 92 valence electrons. The Hall–Kier alpha value is -2.84. The maximum absolute atomic E-state index is 10.5. The van der Waals surface area contributed by atoms with Gasteiger partial charge in [-0.3, -0.25) is 14.9 Å². The molecule has 18 heavy (non-hydrogen) atoms. The van der Waals surface area contributed by atoms with E-state index in [1.165, 1.54) is 24.3 Å². The number of nitro benzene ring substituents is 1. The van der Waals surface area contributed by atoms with Gasteiger partial charge in [0, 0.05) is 17.7 Å². The van der Waals surface area contributed by atoms with Gasteiger partial charge in [0.05, 0.1) is 4.92 Å². The zero-order chi connectivity index (χ0) is 13.1. The number of hydrogen-bond donors (Lipinski definition) is 1. The Bertz CT molecular complexity index is 591. The summed E-state index contributed by atoms with van der Waals surface area (Å²) in [6, 6.07) is 5.57. The van der Waals surface area contributed by atoms with Crippen LogP contribution in [0.3, 0.4) is 0 Å². The summed E-state index contributed by atoms with van der Waals surface area (Å²) in [7, 11) is 0. The monoisotopic (exact) mass is 249 g/mol. The number of hydrogen-bond acceptors (Lipinski definition) is 6. The molecule has 9 nitrogen and oxygen atoms in total. The fourth-order valence-electron chi connectivity index (χ4n) is 1.28. The topological polar surface area (TPSA) is 124 Å². The van der Waals surface area contributed by atoms with Crippen LogP contribution in [0.4, 0.5) is 5.69 Å². The summed E-state index contributed by atoms with van der Waals surface area (Å²) < 4.78 is 0. The van der Waals surface area contributed by atoms with Gasteiger partial charge in [-0.15, -0.1) is 10.2 Å². The second-order valence-electron chi connectivity index (χ2n) is 3.34. The Kier molecular flexibility index (Phi) is 2.96. The molecule has 2 rings (SSSR count). The van der Waals surface area contributed by atoms with Crippen molar-refractivity contribution in [3.8, 4) is 11.4 Å². The Morgan fingerprint density at radius 2 is 2.06 bits per heavy atom. The molecule has 2 aromatic rings. The van der Waals surface area contributed by atoms with Crippen molar-refractivity contribution >= 4 is 11.7 Å². The van der Waals surface area contributed by atoms with Gasteiger partial charge in [-0.1, -0.05) is 0 Å². The smallest absolute Gasteiger partial charge is 0.327 e. The minimum absolute atomic E-state index is 0.0447. The number of non-ortho nitro benzene ring substituents is 1. The third-order valence-corrected chi connectivity index (χ3v) is 2.07. The van der Waals surface area contributed by atoms with E-state index in [2.05, 4.69) is 15.4 Å². The van der Waals surface area contributed by atoms with Crippen LogP contribution in [0.5, 0.6) is 0 Å². The van der Waals surface area contributed by atoms with Gasteiger partial charge in [0.25, 0.3) is 5.69 Å². The number of tetrazole rings is 1. The highest BCUT2D eigenvalue weighted by molar-refractivity contribution is 5.66. The average molecular weight is 249 g/mol. The summed E-state index contributed by atoms with van der Waals surface area (Å²) in [5, 5.41) is 30.1. The molecule has 1 aromatic heterocycles. The first kappa shape index (κ1) is 11.6. The minimum Gasteiger partial charge on any atom is -0.480 e. The molecule has 9 heteroatoms. The average Bonchev–Trinajstić information content (AvgIpc) is 2.76. The van der Waals surface area contributed by atoms with Crippen molar-refractivity contribution in [2.45, 2.75) is 6.54 Å². The molecule has 1 N–H and O–H groups in total. The van der Waals surface area contributed by atoms with Crippen LogP contribution in [0.15, 0.2) is 24.3 Å². The Morgan fingerprint density at radius 1 is 1.39 bits per heavy atom. The number of carboxylic acids is 1. The largest absolute Gasteiger partial charge is 0.480 e. The second kappa shape index (κ2) is 4.57. The van der Waals surface area contributed by atoms with Gasteiger partial charge in [0.1, 0.15) is 0 Å². The number of nitrogens with zero attached hydrogens (tertiary/aromatic N) is 5. The lowest BCUT2D eigenvalue weighted by Crippen LogP contribution is -2.11. The number of rotatable bonds is 4. The molecule has 0 radical (unpaired) electrons. The van der Waals surface area contributed by atoms with E-state index in [0.717, 1.165) is 4.80 Å². The van der Waals surface area contributed by atoms with E-state index < -0.39 is 10.9 Å². The van der Waals surface area contributed by atoms with Gasteiger partial charge in [0.2, 0.25) is 5.82 Å². The number of carbonyl (C=O) groups is 1. The van der Waals surface area contributed by atoms with Crippen molar-refractivity contribution in [2.75, 3.05) is 0 Å². The van der Waals surface area contributed by atoms with E-state index in [1.54, 1.807) is 0 Å². The van der Waals surface area contributed by atoms with Crippen molar-refractivity contribution < 1.29 is 14.8 Å². The van der Waals surface area contributed by atoms with E-state index in [-0.39, 0.29) is 18.1 Å². The summed E-state index contributed by atoms with van der Waals surface area (Å²) >= 11 is 0. The molecular weight excluding hydrogens is 242 g/mol. The highest BCUT2D eigenvalue weighted by atomic mass is 16.6. The Labute approximate surface area is 99.8 Å². The van der Waals surface area contributed by atoms with E-state index in [0.29, 0.717) is 5.56 Å². The van der Waals surface area contributed by atoms with Gasteiger partial charge in [-0.05, 0) is 17.3 Å². The molecule has 0 saturated heterocycles. The fourth-order valence-corrected chi connectivity index (χ4v) is 1.28. The van der Waals surface area contributed by atoms with Gasteiger partial charge < -0.3 is 5.11 Å². The Balaban J connectivity index is 2.23. The predicted molar refractivity (Wildman–Crippen MR) is 57.5 cm³/mol. The van der Waals surface area contributed by atoms with Crippen LogP contribution in [0.2, 0.25) is 0 Å². The summed E-state index contributed by atoms with van der Waals surface area (Å²) in [5.41, 5.74) is 0.480. The zero-order valence-electron chi connectivity index (χ0n) is 8.92. The van der Waals surface area contributed by atoms with Crippen molar-refractivity contribution in [3.05, 3.63) is 34.4 Å². The van der Waals surface area contributed by atoms with Crippen LogP contribution in [-0.2, 0) is 11.3 Å². The number of aliphatic carboxylic acids is 1. The van der Waals surface area contributed by atoms with E-state index in [1.807, 2.05) is 0 Å².